The molecule has 0 aliphatic carbocycles. The summed E-state index contributed by atoms with van der Waals surface area (Å²) >= 11 is 0. The maximum absolute atomic E-state index is 13.7. The lowest BCUT2D eigenvalue weighted by Crippen LogP contribution is -2.25. The number of carbonyl (C=O) groups excluding carboxylic acids is 1. The Bertz CT molecular complexity index is 2290. The van der Waals surface area contributed by atoms with Gasteiger partial charge in [0.05, 0.1) is 47.6 Å². The molecular formula is C33H26FN5O5S. The van der Waals surface area contributed by atoms with Crippen molar-refractivity contribution < 1.29 is 26.8 Å². The fourth-order valence-electron chi connectivity index (χ4n) is 5.22. The van der Waals surface area contributed by atoms with E-state index in [1.54, 1.807) is 42.5 Å². The summed E-state index contributed by atoms with van der Waals surface area (Å²) in [6.07, 6.45) is 1.08. The molecule has 0 spiro atoms. The van der Waals surface area contributed by atoms with Gasteiger partial charge in [-0.1, -0.05) is 0 Å². The average molecular weight is 624 g/mol. The van der Waals surface area contributed by atoms with Gasteiger partial charge in [-0.3, -0.25) is 9.10 Å². The average Bonchev–Trinajstić information content (AvgIpc) is 3.64. The van der Waals surface area contributed by atoms with Crippen LogP contribution in [0.15, 0.2) is 77.2 Å². The van der Waals surface area contributed by atoms with Gasteiger partial charge in [0.1, 0.15) is 28.6 Å². The maximum Gasteiger partial charge on any atom is 0.255 e. The zero-order valence-corrected chi connectivity index (χ0v) is 25.4. The van der Waals surface area contributed by atoms with E-state index >= 15 is 0 Å². The maximum atomic E-state index is 13.7. The number of carbonyl (C=O) groups is 1. The molecule has 0 aliphatic heterocycles. The largest absolute Gasteiger partial charge is 0.494 e. The number of anilines is 1. The first-order chi connectivity index (χ1) is 21.5. The van der Waals surface area contributed by atoms with E-state index in [0.29, 0.717) is 44.9 Å². The smallest absolute Gasteiger partial charge is 0.255 e. The van der Waals surface area contributed by atoms with Gasteiger partial charge < -0.3 is 19.5 Å². The van der Waals surface area contributed by atoms with Gasteiger partial charge in [0.2, 0.25) is 10.0 Å². The summed E-state index contributed by atoms with van der Waals surface area (Å²) < 4.78 is 52.2. The number of aromatic amines is 1. The highest BCUT2D eigenvalue weighted by molar-refractivity contribution is 7.92. The lowest BCUT2D eigenvalue weighted by atomic mass is 10.0. The molecule has 6 aromatic rings. The minimum absolute atomic E-state index is 0.201. The number of hydrogen-bond acceptors (Lipinski definition) is 7. The van der Waals surface area contributed by atoms with Gasteiger partial charge >= 0.3 is 0 Å². The van der Waals surface area contributed by atoms with Gasteiger partial charge in [0, 0.05) is 47.6 Å². The van der Waals surface area contributed by atoms with Crippen molar-refractivity contribution in [1.82, 2.24) is 15.3 Å². The van der Waals surface area contributed by atoms with Crippen LogP contribution in [0.25, 0.3) is 55.8 Å². The number of nitrogens with zero attached hydrogens (tertiary/aromatic N) is 3. The van der Waals surface area contributed by atoms with Crippen molar-refractivity contribution in [2.45, 2.75) is 0 Å². The number of methoxy groups -OCH3 is 1. The predicted octanol–water partition coefficient (Wildman–Crippen LogP) is 6.08. The second-order valence-corrected chi connectivity index (χ2v) is 12.3. The van der Waals surface area contributed by atoms with Crippen LogP contribution < -0.4 is 14.4 Å². The van der Waals surface area contributed by atoms with Crippen LogP contribution in [0.2, 0.25) is 0 Å². The van der Waals surface area contributed by atoms with Crippen molar-refractivity contribution in [3.05, 3.63) is 89.7 Å². The molecule has 12 heteroatoms. The highest BCUT2D eigenvalue weighted by Gasteiger charge is 2.27. The highest BCUT2D eigenvalue weighted by atomic mass is 32.2. The van der Waals surface area contributed by atoms with Crippen LogP contribution in [0.5, 0.6) is 5.75 Å². The van der Waals surface area contributed by atoms with Crippen molar-refractivity contribution in [1.29, 1.82) is 5.26 Å². The molecule has 0 atom stereocenters. The summed E-state index contributed by atoms with van der Waals surface area (Å²) in [5.41, 5.74) is 4.33. The number of nitriles is 1. The number of pyridine rings is 1. The number of aromatic nitrogens is 2. The minimum atomic E-state index is -3.75. The zero-order valence-electron chi connectivity index (χ0n) is 24.6. The molecule has 45 heavy (non-hydrogen) atoms. The monoisotopic (exact) mass is 623 g/mol. The normalized spacial score (nSPS) is 11.5. The number of hydrogen-bond donors (Lipinski definition) is 2. The van der Waals surface area contributed by atoms with E-state index in [4.69, 9.17) is 14.1 Å². The fourth-order valence-corrected chi connectivity index (χ4v) is 5.72. The SMILES string of the molecule is CNC(=O)c1c(-c2ccc(F)cc2)oc2cc(N(C)S(C)(=O)=O)c(-c3ccc(OC)c(-c4cc5cc(C#N)ccc5[nH]4)n3)cc12. The third-order valence-corrected chi connectivity index (χ3v) is 8.75. The molecule has 226 valence electrons. The number of furan rings is 1. The van der Waals surface area contributed by atoms with Crippen molar-refractivity contribution in [2.75, 3.05) is 31.8 Å². The summed E-state index contributed by atoms with van der Waals surface area (Å²) in [5, 5.41) is 13.2. The van der Waals surface area contributed by atoms with Crippen LogP contribution in [0.1, 0.15) is 15.9 Å². The van der Waals surface area contributed by atoms with Gasteiger partial charge in [-0.15, -0.1) is 0 Å². The van der Waals surface area contributed by atoms with E-state index in [1.807, 2.05) is 6.07 Å². The molecule has 0 saturated heterocycles. The number of amides is 1. The number of halogens is 1. The molecule has 0 bridgehead atoms. The van der Waals surface area contributed by atoms with E-state index in [9.17, 15) is 22.9 Å². The van der Waals surface area contributed by atoms with E-state index in [-0.39, 0.29) is 22.6 Å². The van der Waals surface area contributed by atoms with Gasteiger partial charge in [-0.05, 0) is 66.7 Å². The van der Waals surface area contributed by atoms with Crippen LogP contribution in [0.4, 0.5) is 10.1 Å². The number of H-pyrrole nitrogens is 1. The minimum Gasteiger partial charge on any atom is -0.494 e. The number of sulfonamides is 1. The molecule has 10 nitrogen and oxygen atoms in total. The fraction of sp³-hybridized carbons (Fsp3) is 0.121. The number of rotatable bonds is 7. The molecule has 3 aromatic carbocycles. The standard InChI is InChI=1S/C33H26FN5O5S/c1-36-33(40)30-23-15-22(27(39(2)45(4,41)42)16-29(23)44-32(30)19-6-8-21(34)9-7-19)25-11-12-28(43-3)31(38-25)26-14-20-13-18(17-35)5-10-24(20)37-26/h5-16,37H,1-4H3,(H,36,40). The topological polar surface area (TPSA) is 141 Å². The van der Waals surface area contributed by atoms with E-state index < -0.39 is 21.7 Å². The number of ether oxygens (including phenoxy) is 1. The molecule has 0 fully saturated rings. The number of benzene rings is 3. The Morgan fingerprint density at radius 2 is 1.84 bits per heavy atom. The van der Waals surface area contributed by atoms with Gasteiger partial charge in [0.25, 0.3) is 5.91 Å². The molecule has 0 saturated carbocycles. The van der Waals surface area contributed by atoms with Crippen molar-refractivity contribution in [3.8, 4) is 45.8 Å². The first kappa shape index (κ1) is 29.4. The van der Waals surface area contributed by atoms with Crippen molar-refractivity contribution in [3.63, 3.8) is 0 Å². The third-order valence-electron chi connectivity index (χ3n) is 7.56. The molecule has 3 heterocycles. The Hall–Kier alpha value is -5.67. The molecule has 6 rings (SSSR count). The number of fused-ring (bicyclic) bond motifs is 2. The Balaban J connectivity index is 1.62. The zero-order chi connectivity index (χ0) is 32.0. The summed E-state index contributed by atoms with van der Waals surface area (Å²) in [7, 11) is 0.669. The number of nitrogens with one attached hydrogen (secondary N) is 2. The van der Waals surface area contributed by atoms with E-state index in [1.165, 1.54) is 45.5 Å². The summed E-state index contributed by atoms with van der Waals surface area (Å²) in [4.78, 5) is 21.4. The Morgan fingerprint density at radius 3 is 2.51 bits per heavy atom. The van der Waals surface area contributed by atoms with Crippen LogP contribution >= 0.6 is 0 Å². The molecule has 0 unspecified atom stereocenters. The molecule has 1 amide bonds. The van der Waals surface area contributed by atoms with E-state index in [2.05, 4.69) is 16.4 Å². The quantitative estimate of drug-likeness (QED) is 0.219. The highest BCUT2D eigenvalue weighted by Crippen LogP contribution is 2.42. The Kier molecular flexibility index (Phi) is 7.26. The van der Waals surface area contributed by atoms with Gasteiger partial charge in [-0.2, -0.15) is 5.26 Å². The third kappa shape index (κ3) is 5.23. The summed E-state index contributed by atoms with van der Waals surface area (Å²) in [6, 6.07) is 21.4. The van der Waals surface area contributed by atoms with E-state index in [0.717, 1.165) is 21.5 Å². The lowest BCUT2D eigenvalue weighted by molar-refractivity contribution is 0.0964. The first-order valence-corrected chi connectivity index (χ1v) is 15.5. The predicted molar refractivity (Wildman–Crippen MR) is 170 cm³/mol. The Morgan fingerprint density at radius 1 is 1.09 bits per heavy atom. The second kappa shape index (κ2) is 11.1. The van der Waals surface area contributed by atoms with Crippen LogP contribution in [0.3, 0.4) is 0 Å². The molecule has 2 N–H and O–H groups in total. The molecular weight excluding hydrogens is 597 g/mol. The van der Waals surface area contributed by atoms with Crippen LogP contribution in [-0.4, -0.2) is 51.8 Å². The second-order valence-electron chi connectivity index (χ2n) is 10.3. The lowest BCUT2D eigenvalue weighted by Gasteiger charge is -2.21. The van der Waals surface area contributed by atoms with Gasteiger partial charge in [-0.25, -0.2) is 17.8 Å². The molecule has 3 aromatic heterocycles. The van der Waals surface area contributed by atoms with Gasteiger partial charge in [0.15, 0.2) is 0 Å². The van der Waals surface area contributed by atoms with Crippen molar-refractivity contribution >= 4 is 43.5 Å². The van der Waals surface area contributed by atoms with Crippen LogP contribution in [-0.2, 0) is 10.0 Å². The van der Waals surface area contributed by atoms with Crippen molar-refractivity contribution in [2.24, 2.45) is 0 Å². The summed E-state index contributed by atoms with van der Waals surface area (Å²) in [6.45, 7) is 0. The molecule has 0 radical (unpaired) electrons. The molecule has 0 aliphatic rings. The Labute approximate surface area is 257 Å². The summed E-state index contributed by atoms with van der Waals surface area (Å²) in [5.74, 6) is -0.232. The first-order valence-electron chi connectivity index (χ1n) is 13.6. The van der Waals surface area contributed by atoms with Crippen LogP contribution in [0, 0.1) is 17.1 Å².